The van der Waals surface area contributed by atoms with Crippen LogP contribution in [0.5, 0.6) is 5.75 Å². The van der Waals surface area contributed by atoms with E-state index in [9.17, 15) is 14.5 Å². The number of nitrogens with zero attached hydrogens (tertiary/aromatic N) is 2. The van der Waals surface area contributed by atoms with E-state index in [1.807, 2.05) is 18.2 Å². The number of rotatable bonds is 6. The number of benzene rings is 2. The van der Waals surface area contributed by atoms with Crippen molar-refractivity contribution in [3.63, 3.8) is 0 Å². The predicted octanol–water partition coefficient (Wildman–Crippen LogP) is 4.34. The smallest absolute Gasteiger partial charge is 0.327 e. The van der Waals surface area contributed by atoms with Gasteiger partial charge in [-0.3, -0.25) is 10.1 Å². The summed E-state index contributed by atoms with van der Waals surface area (Å²) in [5.74, 6) is -0.680. The highest BCUT2D eigenvalue weighted by molar-refractivity contribution is 5.66. The van der Waals surface area contributed by atoms with Crippen LogP contribution in [0.1, 0.15) is 24.8 Å². The highest BCUT2D eigenvalue weighted by Gasteiger charge is 2.22. The van der Waals surface area contributed by atoms with E-state index in [-0.39, 0.29) is 11.4 Å². The third-order valence-corrected chi connectivity index (χ3v) is 4.61. The second-order valence-corrected chi connectivity index (χ2v) is 6.29. The van der Waals surface area contributed by atoms with Crippen molar-refractivity contribution in [2.75, 3.05) is 30.4 Å². The zero-order valence-electron chi connectivity index (χ0n) is 14.7. The molecule has 0 saturated carbocycles. The Bertz CT molecular complexity index is 792. The second kappa shape index (κ2) is 8.03. The maximum atomic E-state index is 14.1. The number of nitro groups is 1. The third-order valence-electron chi connectivity index (χ3n) is 4.61. The lowest BCUT2D eigenvalue weighted by atomic mass is 10.1. The zero-order chi connectivity index (χ0) is 18.5. The molecule has 1 aliphatic heterocycles. The topological polar surface area (TPSA) is 67.6 Å². The molecule has 1 heterocycles. The number of piperidine rings is 1. The number of methoxy groups -OCH3 is 1. The Kier molecular flexibility index (Phi) is 5.55. The molecule has 3 rings (SSSR count). The molecule has 26 heavy (non-hydrogen) atoms. The van der Waals surface area contributed by atoms with Gasteiger partial charge in [-0.2, -0.15) is 4.39 Å². The van der Waals surface area contributed by atoms with E-state index in [4.69, 9.17) is 4.74 Å². The first kappa shape index (κ1) is 18.0. The molecule has 0 aliphatic carbocycles. The number of ether oxygens (including phenoxy) is 1. The van der Waals surface area contributed by atoms with Crippen LogP contribution in [-0.4, -0.2) is 25.1 Å². The molecule has 0 radical (unpaired) electrons. The van der Waals surface area contributed by atoms with Crippen LogP contribution in [0.2, 0.25) is 0 Å². The number of hydrogen-bond acceptors (Lipinski definition) is 5. The normalized spacial score (nSPS) is 14.2. The molecule has 0 amide bonds. The largest absolute Gasteiger partial charge is 0.497 e. The molecule has 138 valence electrons. The lowest BCUT2D eigenvalue weighted by molar-refractivity contribution is -0.386. The first-order valence-electron chi connectivity index (χ1n) is 8.69. The summed E-state index contributed by atoms with van der Waals surface area (Å²) >= 11 is 0. The highest BCUT2D eigenvalue weighted by Crippen LogP contribution is 2.33. The van der Waals surface area contributed by atoms with Crippen molar-refractivity contribution in [2.45, 2.75) is 25.8 Å². The van der Waals surface area contributed by atoms with Crippen molar-refractivity contribution in [2.24, 2.45) is 0 Å². The molecule has 1 aliphatic rings. The third kappa shape index (κ3) is 3.87. The van der Waals surface area contributed by atoms with Gasteiger partial charge in [0.1, 0.15) is 11.4 Å². The molecule has 0 bridgehead atoms. The summed E-state index contributed by atoms with van der Waals surface area (Å²) in [6, 6.07) is 10.4. The minimum Gasteiger partial charge on any atom is -0.497 e. The van der Waals surface area contributed by atoms with Gasteiger partial charge in [0.15, 0.2) is 0 Å². The molecule has 0 atom stereocenters. The molecule has 0 spiro atoms. The van der Waals surface area contributed by atoms with Crippen LogP contribution in [0.15, 0.2) is 36.4 Å². The monoisotopic (exact) mass is 359 g/mol. The molecule has 0 unspecified atom stereocenters. The lowest BCUT2D eigenvalue weighted by Crippen LogP contribution is -2.30. The summed E-state index contributed by atoms with van der Waals surface area (Å²) in [6.07, 6.45) is 3.56. The van der Waals surface area contributed by atoms with Crippen LogP contribution < -0.4 is 15.0 Å². The van der Waals surface area contributed by atoms with Gasteiger partial charge < -0.3 is 15.0 Å². The summed E-state index contributed by atoms with van der Waals surface area (Å²) < 4.78 is 19.1. The summed E-state index contributed by atoms with van der Waals surface area (Å²) in [4.78, 5) is 12.9. The van der Waals surface area contributed by atoms with Gasteiger partial charge in [0.25, 0.3) is 0 Å². The average molecular weight is 359 g/mol. The van der Waals surface area contributed by atoms with Gasteiger partial charge in [0.2, 0.25) is 5.82 Å². The van der Waals surface area contributed by atoms with Gasteiger partial charge >= 0.3 is 5.69 Å². The molecule has 1 N–H and O–H groups in total. The van der Waals surface area contributed by atoms with Crippen molar-refractivity contribution in [1.29, 1.82) is 0 Å². The summed E-state index contributed by atoms with van der Waals surface area (Å²) in [5, 5.41) is 14.3. The Morgan fingerprint density at radius 3 is 2.65 bits per heavy atom. The van der Waals surface area contributed by atoms with Gasteiger partial charge in [0.05, 0.1) is 12.0 Å². The quantitative estimate of drug-likeness (QED) is 0.614. The summed E-state index contributed by atoms with van der Waals surface area (Å²) in [6.45, 7) is 2.37. The van der Waals surface area contributed by atoms with Crippen LogP contribution in [0.4, 0.5) is 21.5 Å². The zero-order valence-corrected chi connectivity index (χ0v) is 14.7. The van der Waals surface area contributed by atoms with Crippen molar-refractivity contribution in [3.05, 3.63) is 57.9 Å². The number of hydrogen-bond donors (Lipinski definition) is 1. The molecule has 1 fully saturated rings. The Hall–Kier alpha value is -2.83. The number of para-hydroxylation sites is 1. The lowest BCUT2D eigenvalue weighted by Gasteiger charge is -2.30. The van der Waals surface area contributed by atoms with Crippen molar-refractivity contribution in [3.8, 4) is 5.75 Å². The molecule has 7 heteroatoms. The van der Waals surface area contributed by atoms with E-state index in [1.54, 1.807) is 0 Å². The molecule has 2 aromatic rings. The maximum Gasteiger partial charge on any atom is 0.327 e. The Morgan fingerprint density at radius 1 is 1.23 bits per heavy atom. The number of nitro benzene ring substituents is 1. The van der Waals surface area contributed by atoms with Crippen LogP contribution in [0.25, 0.3) is 0 Å². The van der Waals surface area contributed by atoms with E-state index < -0.39 is 16.4 Å². The molecule has 1 saturated heterocycles. The number of anilines is 2. The number of nitrogens with one attached hydrogen (secondary N) is 1. The molecular formula is C19H22FN3O3. The van der Waals surface area contributed by atoms with Crippen molar-refractivity contribution < 1.29 is 14.1 Å². The van der Waals surface area contributed by atoms with Crippen molar-refractivity contribution in [1.82, 2.24) is 0 Å². The van der Waals surface area contributed by atoms with Gasteiger partial charge in [-0.1, -0.05) is 18.2 Å². The van der Waals surface area contributed by atoms with E-state index >= 15 is 0 Å². The molecule has 0 aromatic heterocycles. The fraction of sp³-hybridized carbons (Fsp3) is 0.368. The Morgan fingerprint density at radius 2 is 1.96 bits per heavy atom. The second-order valence-electron chi connectivity index (χ2n) is 6.29. The van der Waals surface area contributed by atoms with Gasteiger partial charge in [-0.15, -0.1) is 0 Å². The standard InChI is InChI=1S/C19H22FN3O3/c1-26-15-11-16(20)19(23(24)25)17(12-15)21-13-14-7-3-4-8-18(14)22-9-5-2-6-10-22/h3-4,7-8,11-12,21H,2,5-6,9-10,13H2,1H3. The van der Waals surface area contributed by atoms with Crippen LogP contribution >= 0.6 is 0 Å². The Labute approximate surface area is 151 Å². The van der Waals surface area contributed by atoms with E-state index in [0.29, 0.717) is 6.54 Å². The summed E-state index contributed by atoms with van der Waals surface area (Å²) in [7, 11) is 1.40. The molecule has 6 nitrogen and oxygen atoms in total. The van der Waals surface area contributed by atoms with Gasteiger partial charge in [-0.05, 0) is 30.9 Å². The summed E-state index contributed by atoms with van der Waals surface area (Å²) in [5.41, 5.74) is 1.68. The SMILES string of the molecule is COc1cc(F)c([N+](=O)[O-])c(NCc2ccccc2N2CCCCC2)c1. The molecule has 2 aromatic carbocycles. The van der Waals surface area contributed by atoms with Gasteiger partial charge in [-0.25, -0.2) is 0 Å². The van der Waals surface area contributed by atoms with E-state index in [2.05, 4.69) is 16.3 Å². The minimum absolute atomic E-state index is 0.111. The molecular weight excluding hydrogens is 337 g/mol. The first-order chi connectivity index (χ1) is 12.6. The Balaban J connectivity index is 1.85. The van der Waals surface area contributed by atoms with E-state index in [0.717, 1.165) is 43.2 Å². The van der Waals surface area contributed by atoms with Crippen LogP contribution in [0, 0.1) is 15.9 Å². The predicted molar refractivity (Wildman–Crippen MR) is 99.4 cm³/mol. The van der Waals surface area contributed by atoms with Gasteiger partial charge in [0, 0.05) is 37.5 Å². The van der Waals surface area contributed by atoms with Crippen molar-refractivity contribution >= 4 is 17.1 Å². The van der Waals surface area contributed by atoms with Crippen LogP contribution in [0.3, 0.4) is 0 Å². The minimum atomic E-state index is -0.916. The first-order valence-corrected chi connectivity index (χ1v) is 8.69. The average Bonchev–Trinajstić information content (AvgIpc) is 2.66. The number of halogens is 1. The maximum absolute atomic E-state index is 14.1. The van der Waals surface area contributed by atoms with Crippen LogP contribution in [-0.2, 0) is 6.54 Å². The fourth-order valence-corrected chi connectivity index (χ4v) is 3.31. The van der Waals surface area contributed by atoms with E-state index in [1.165, 1.54) is 19.6 Å². The fourth-order valence-electron chi connectivity index (χ4n) is 3.31. The highest BCUT2D eigenvalue weighted by atomic mass is 19.1.